The lowest BCUT2D eigenvalue weighted by atomic mass is 10.1. The molecular formula is C13H11BrFNO2. The molecule has 0 N–H and O–H groups in total. The molecule has 2 rings (SSSR count). The topological polar surface area (TPSA) is 31.2 Å². The monoisotopic (exact) mass is 311 g/mol. The molecule has 3 nitrogen and oxygen atoms in total. The number of hydrogen-bond donors (Lipinski definition) is 0. The molecule has 0 saturated carbocycles. The molecule has 0 unspecified atom stereocenters. The summed E-state index contributed by atoms with van der Waals surface area (Å²) in [5.41, 5.74) is 1.44. The maximum Gasteiger partial charge on any atom is 0.418 e. The minimum atomic E-state index is -0.466. The van der Waals surface area contributed by atoms with Crippen LogP contribution in [0, 0.1) is 5.82 Å². The van der Waals surface area contributed by atoms with Gasteiger partial charge in [-0.1, -0.05) is 12.1 Å². The molecule has 0 radical (unpaired) electrons. The number of carbonyl (C=O) groups is 1. The van der Waals surface area contributed by atoms with Gasteiger partial charge in [-0.05, 0) is 46.6 Å². The van der Waals surface area contributed by atoms with E-state index in [-0.39, 0.29) is 5.82 Å². The zero-order valence-electron chi connectivity index (χ0n) is 9.69. The highest BCUT2D eigenvalue weighted by Gasteiger charge is 2.14. The van der Waals surface area contributed by atoms with Gasteiger partial charge in [0.2, 0.25) is 0 Å². The van der Waals surface area contributed by atoms with Gasteiger partial charge < -0.3 is 4.74 Å². The van der Waals surface area contributed by atoms with E-state index in [1.54, 1.807) is 31.3 Å². The Labute approximate surface area is 112 Å². The van der Waals surface area contributed by atoms with Crippen LogP contribution in [-0.2, 0) is 4.74 Å². The van der Waals surface area contributed by atoms with Crippen LogP contribution in [-0.4, -0.2) is 17.3 Å². The Morgan fingerprint density at radius 2 is 2.22 bits per heavy atom. The smallest absolute Gasteiger partial charge is 0.418 e. The predicted molar refractivity (Wildman–Crippen MR) is 69.9 cm³/mol. The van der Waals surface area contributed by atoms with E-state index in [0.29, 0.717) is 16.8 Å². The molecule has 2 aromatic rings. The minimum absolute atomic E-state index is 0.304. The van der Waals surface area contributed by atoms with E-state index in [1.807, 2.05) is 0 Å². The van der Waals surface area contributed by atoms with Crippen molar-refractivity contribution in [3.05, 3.63) is 46.9 Å². The van der Waals surface area contributed by atoms with Crippen molar-refractivity contribution in [1.29, 1.82) is 0 Å². The first-order chi connectivity index (χ1) is 8.63. The summed E-state index contributed by atoms with van der Waals surface area (Å²) in [6.07, 6.45) is 1.12. The van der Waals surface area contributed by atoms with Crippen molar-refractivity contribution in [2.45, 2.75) is 6.92 Å². The number of nitrogens with zero attached hydrogens (tertiary/aromatic N) is 1. The summed E-state index contributed by atoms with van der Waals surface area (Å²) in [6, 6.07) is 7.92. The maximum atomic E-state index is 13.2. The average Bonchev–Trinajstić information content (AvgIpc) is 2.71. The largest absolute Gasteiger partial charge is 0.449 e. The average molecular weight is 312 g/mol. The van der Waals surface area contributed by atoms with Crippen LogP contribution in [0.3, 0.4) is 0 Å². The Bertz CT molecular complexity index is 580. The summed E-state index contributed by atoms with van der Waals surface area (Å²) in [4.78, 5) is 11.6. The zero-order chi connectivity index (χ0) is 13.1. The molecule has 0 atom stereocenters. The SMILES string of the molecule is CCOC(=O)n1ccc(-c2cccc(F)c2)c1Br. The first kappa shape index (κ1) is 12.8. The van der Waals surface area contributed by atoms with Gasteiger partial charge in [0, 0.05) is 11.8 Å². The van der Waals surface area contributed by atoms with Gasteiger partial charge in [-0.2, -0.15) is 0 Å². The van der Waals surface area contributed by atoms with E-state index in [2.05, 4.69) is 15.9 Å². The number of carbonyl (C=O) groups excluding carboxylic acids is 1. The molecule has 0 fully saturated rings. The van der Waals surface area contributed by atoms with Gasteiger partial charge in [-0.3, -0.25) is 0 Å². The summed E-state index contributed by atoms with van der Waals surface area (Å²) in [7, 11) is 0. The van der Waals surface area contributed by atoms with Crippen molar-refractivity contribution in [2.75, 3.05) is 6.61 Å². The third-order valence-corrected chi connectivity index (χ3v) is 3.23. The van der Waals surface area contributed by atoms with Crippen LogP contribution in [0.2, 0.25) is 0 Å². The van der Waals surface area contributed by atoms with Crippen molar-refractivity contribution >= 4 is 22.0 Å². The molecule has 0 spiro atoms. The highest BCUT2D eigenvalue weighted by atomic mass is 79.9. The van der Waals surface area contributed by atoms with Crippen LogP contribution in [0.1, 0.15) is 6.92 Å². The van der Waals surface area contributed by atoms with E-state index < -0.39 is 6.09 Å². The van der Waals surface area contributed by atoms with Gasteiger partial charge in [0.05, 0.1) is 6.61 Å². The standard InChI is InChI=1S/C13H11BrFNO2/c1-2-18-13(17)16-7-6-11(12(16)14)9-4-3-5-10(15)8-9/h3-8H,2H2,1H3. The van der Waals surface area contributed by atoms with E-state index in [0.717, 1.165) is 5.56 Å². The lowest BCUT2D eigenvalue weighted by molar-refractivity contribution is 0.153. The Hall–Kier alpha value is -1.62. The summed E-state index contributed by atoms with van der Waals surface area (Å²) in [6.45, 7) is 2.04. The first-order valence-electron chi connectivity index (χ1n) is 5.43. The molecule has 5 heteroatoms. The molecule has 0 bridgehead atoms. The lowest BCUT2D eigenvalue weighted by Gasteiger charge is -2.05. The van der Waals surface area contributed by atoms with Crippen LogP contribution in [0.4, 0.5) is 9.18 Å². The van der Waals surface area contributed by atoms with Gasteiger partial charge in [0.1, 0.15) is 10.4 Å². The lowest BCUT2D eigenvalue weighted by Crippen LogP contribution is -2.12. The van der Waals surface area contributed by atoms with E-state index in [9.17, 15) is 9.18 Å². The molecule has 18 heavy (non-hydrogen) atoms. The molecule has 0 aliphatic carbocycles. The zero-order valence-corrected chi connectivity index (χ0v) is 11.3. The number of hydrogen-bond acceptors (Lipinski definition) is 2. The molecule has 0 aliphatic heterocycles. The fraction of sp³-hybridized carbons (Fsp3) is 0.154. The van der Waals surface area contributed by atoms with Crippen molar-refractivity contribution < 1.29 is 13.9 Å². The highest BCUT2D eigenvalue weighted by molar-refractivity contribution is 9.10. The molecule has 1 aromatic carbocycles. The fourth-order valence-corrected chi connectivity index (χ4v) is 2.24. The van der Waals surface area contributed by atoms with Crippen LogP contribution in [0.5, 0.6) is 0 Å². The first-order valence-corrected chi connectivity index (χ1v) is 6.22. The van der Waals surface area contributed by atoms with E-state index in [4.69, 9.17) is 4.74 Å². The molecule has 0 saturated heterocycles. The van der Waals surface area contributed by atoms with Gasteiger partial charge >= 0.3 is 6.09 Å². The molecular weight excluding hydrogens is 301 g/mol. The van der Waals surface area contributed by atoms with Crippen molar-refractivity contribution in [1.82, 2.24) is 4.57 Å². The number of benzene rings is 1. The second-order valence-electron chi connectivity index (χ2n) is 3.60. The number of aromatic nitrogens is 1. The molecule has 0 amide bonds. The summed E-state index contributed by atoms with van der Waals surface area (Å²) in [5.74, 6) is -0.316. The summed E-state index contributed by atoms with van der Waals surface area (Å²) in [5, 5.41) is 0. The second-order valence-corrected chi connectivity index (χ2v) is 4.35. The summed E-state index contributed by atoms with van der Waals surface area (Å²) >= 11 is 3.32. The Morgan fingerprint density at radius 1 is 1.44 bits per heavy atom. The Kier molecular flexibility index (Phi) is 3.81. The molecule has 94 valence electrons. The Morgan fingerprint density at radius 3 is 2.89 bits per heavy atom. The third kappa shape index (κ3) is 2.46. The van der Waals surface area contributed by atoms with Gasteiger partial charge in [0.25, 0.3) is 0 Å². The fourth-order valence-electron chi connectivity index (χ4n) is 1.62. The van der Waals surface area contributed by atoms with Crippen LogP contribution < -0.4 is 0 Å². The number of rotatable bonds is 2. The van der Waals surface area contributed by atoms with Gasteiger partial charge in [-0.25, -0.2) is 13.8 Å². The number of halogens is 2. The summed E-state index contributed by atoms with van der Waals surface area (Å²) < 4.78 is 19.9. The highest BCUT2D eigenvalue weighted by Crippen LogP contribution is 2.29. The normalized spacial score (nSPS) is 10.4. The predicted octanol–water partition coefficient (Wildman–Crippen LogP) is 4.06. The van der Waals surface area contributed by atoms with Gasteiger partial charge in [-0.15, -0.1) is 0 Å². The third-order valence-electron chi connectivity index (χ3n) is 2.42. The second kappa shape index (κ2) is 5.35. The molecule has 0 aliphatic rings. The van der Waals surface area contributed by atoms with Crippen molar-refractivity contribution in [3.8, 4) is 11.1 Å². The molecule has 1 aromatic heterocycles. The van der Waals surface area contributed by atoms with Crippen LogP contribution in [0.25, 0.3) is 11.1 Å². The van der Waals surface area contributed by atoms with Crippen molar-refractivity contribution in [2.24, 2.45) is 0 Å². The molecule has 1 heterocycles. The van der Waals surface area contributed by atoms with E-state index in [1.165, 1.54) is 16.7 Å². The minimum Gasteiger partial charge on any atom is -0.449 e. The maximum absolute atomic E-state index is 13.2. The Balaban J connectivity index is 2.39. The quantitative estimate of drug-likeness (QED) is 0.837. The van der Waals surface area contributed by atoms with Crippen molar-refractivity contribution in [3.63, 3.8) is 0 Å². The van der Waals surface area contributed by atoms with Crippen LogP contribution in [0.15, 0.2) is 41.1 Å². The van der Waals surface area contributed by atoms with E-state index >= 15 is 0 Å². The van der Waals surface area contributed by atoms with Crippen LogP contribution >= 0.6 is 15.9 Å². The van der Waals surface area contributed by atoms with Gasteiger partial charge in [0.15, 0.2) is 0 Å². The number of ether oxygens (including phenoxy) is 1.